The van der Waals surface area contributed by atoms with Crippen LogP contribution in [0.15, 0.2) is 33.9 Å². The highest BCUT2D eigenvalue weighted by Gasteiger charge is 2.33. The van der Waals surface area contributed by atoms with Crippen LogP contribution in [0.3, 0.4) is 0 Å². The first-order valence-electron chi connectivity index (χ1n) is 8.53. The highest BCUT2D eigenvalue weighted by Crippen LogP contribution is 2.28. The monoisotopic (exact) mass is 337 g/mol. The summed E-state index contributed by atoms with van der Waals surface area (Å²) in [5, 5.41) is 0.544. The Bertz CT molecular complexity index is 1140. The SMILES string of the molecule is CC(C)c1c2c(=O)n(C)c(=O)n(C)c2nc2[n+]1CCc1ccccc1-2. The van der Waals surface area contributed by atoms with Crippen molar-refractivity contribution in [2.75, 3.05) is 0 Å². The molecule has 0 radical (unpaired) electrons. The average molecular weight is 337 g/mol. The molecule has 6 nitrogen and oxygen atoms in total. The van der Waals surface area contributed by atoms with E-state index in [1.807, 2.05) is 12.1 Å². The van der Waals surface area contributed by atoms with Crippen LogP contribution in [0, 0.1) is 0 Å². The van der Waals surface area contributed by atoms with Crippen LogP contribution >= 0.6 is 0 Å². The highest BCUT2D eigenvalue weighted by atomic mass is 16.2. The summed E-state index contributed by atoms with van der Waals surface area (Å²) in [6.07, 6.45) is 0.910. The number of fused-ring (bicyclic) bond motifs is 4. The normalized spacial score (nSPS) is 13.2. The third-order valence-electron chi connectivity index (χ3n) is 5.06. The first-order chi connectivity index (χ1) is 11.9. The van der Waals surface area contributed by atoms with Crippen molar-refractivity contribution in [1.29, 1.82) is 0 Å². The Morgan fingerprint density at radius 3 is 2.56 bits per heavy atom. The molecule has 0 spiro atoms. The van der Waals surface area contributed by atoms with Crippen LogP contribution in [0.4, 0.5) is 0 Å². The maximum absolute atomic E-state index is 12.9. The van der Waals surface area contributed by atoms with Gasteiger partial charge in [0, 0.05) is 26.4 Å². The summed E-state index contributed by atoms with van der Waals surface area (Å²) >= 11 is 0. The van der Waals surface area contributed by atoms with Gasteiger partial charge in [-0.25, -0.2) is 9.36 Å². The van der Waals surface area contributed by atoms with Gasteiger partial charge in [-0.3, -0.25) is 13.9 Å². The van der Waals surface area contributed by atoms with Crippen molar-refractivity contribution in [2.24, 2.45) is 14.1 Å². The minimum Gasteiger partial charge on any atom is -0.268 e. The Balaban J connectivity index is 2.26. The van der Waals surface area contributed by atoms with Crippen LogP contribution in [0.2, 0.25) is 0 Å². The molecule has 0 atom stereocenters. The zero-order valence-electron chi connectivity index (χ0n) is 14.9. The van der Waals surface area contributed by atoms with Gasteiger partial charge in [0.25, 0.3) is 11.2 Å². The van der Waals surface area contributed by atoms with E-state index in [2.05, 4.69) is 30.5 Å². The minimum absolute atomic E-state index is 0.139. The van der Waals surface area contributed by atoms with Gasteiger partial charge in [0.05, 0.1) is 12.1 Å². The Hall–Kier alpha value is -2.76. The second-order valence-electron chi connectivity index (χ2n) is 6.94. The van der Waals surface area contributed by atoms with E-state index in [9.17, 15) is 9.59 Å². The summed E-state index contributed by atoms with van der Waals surface area (Å²) in [5.41, 5.74) is 3.10. The van der Waals surface area contributed by atoms with Gasteiger partial charge in [0.15, 0.2) is 5.39 Å². The standard InChI is InChI=1S/C19H21N4O2/c1-11(2)15-14-17(21(3)19(25)22(4)18(14)24)20-16-13-8-6-5-7-12(13)9-10-23(15)16/h5-8,11H,9-10H2,1-4H3/q+1. The Morgan fingerprint density at radius 2 is 1.84 bits per heavy atom. The molecule has 128 valence electrons. The molecule has 0 bridgehead atoms. The van der Waals surface area contributed by atoms with Crippen LogP contribution in [0.1, 0.15) is 31.0 Å². The molecule has 4 rings (SSSR count). The number of hydrogen-bond donors (Lipinski definition) is 0. The number of nitrogens with zero attached hydrogens (tertiary/aromatic N) is 4. The van der Waals surface area contributed by atoms with E-state index in [1.54, 1.807) is 7.05 Å². The lowest BCUT2D eigenvalue weighted by Gasteiger charge is -2.20. The van der Waals surface area contributed by atoms with Gasteiger partial charge in [-0.1, -0.05) is 32.0 Å². The van der Waals surface area contributed by atoms with E-state index in [0.29, 0.717) is 11.0 Å². The molecule has 3 aromatic rings. The van der Waals surface area contributed by atoms with E-state index >= 15 is 0 Å². The maximum atomic E-state index is 12.9. The van der Waals surface area contributed by atoms with Crippen LogP contribution in [0.25, 0.3) is 22.4 Å². The number of hydrogen-bond acceptors (Lipinski definition) is 3. The topological polar surface area (TPSA) is 60.8 Å². The lowest BCUT2D eigenvalue weighted by molar-refractivity contribution is -0.696. The van der Waals surface area contributed by atoms with Crippen LogP contribution in [-0.4, -0.2) is 14.1 Å². The van der Waals surface area contributed by atoms with Crippen molar-refractivity contribution in [3.63, 3.8) is 0 Å². The van der Waals surface area contributed by atoms with Crippen molar-refractivity contribution >= 4 is 11.0 Å². The van der Waals surface area contributed by atoms with Crippen molar-refractivity contribution < 1.29 is 4.57 Å². The van der Waals surface area contributed by atoms with Gasteiger partial charge in [-0.05, 0) is 16.6 Å². The number of aromatic nitrogens is 4. The fourth-order valence-corrected chi connectivity index (χ4v) is 3.82. The summed E-state index contributed by atoms with van der Waals surface area (Å²) in [6.45, 7) is 4.94. The molecule has 2 aromatic heterocycles. The zero-order chi connectivity index (χ0) is 17.9. The van der Waals surface area contributed by atoms with E-state index in [1.165, 1.54) is 21.7 Å². The second kappa shape index (κ2) is 5.37. The predicted molar refractivity (Wildman–Crippen MR) is 95.6 cm³/mol. The smallest absolute Gasteiger partial charge is 0.268 e. The van der Waals surface area contributed by atoms with E-state index in [4.69, 9.17) is 4.98 Å². The van der Waals surface area contributed by atoms with Crippen molar-refractivity contribution in [2.45, 2.75) is 32.7 Å². The average Bonchev–Trinajstić information content (AvgIpc) is 2.62. The molecule has 0 fully saturated rings. The molecule has 1 aliphatic rings. The molecule has 3 heterocycles. The van der Waals surface area contributed by atoms with Gasteiger partial charge in [-0.2, -0.15) is 0 Å². The predicted octanol–water partition coefficient (Wildman–Crippen LogP) is 1.27. The van der Waals surface area contributed by atoms with E-state index < -0.39 is 0 Å². The Kier molecular flexibility index (Phi) is 3.39. The first-order valence-corrected chi connectivity index (χ1v) is 8.53. The molecule has 1 aromatic carbocycles. The van der Waals surface area contributed by atoms with Gasteiger partial charge in [-0.15, -0.1) is 0 Å². The first kappa shape index (κ1) is 15.7. The van der Waals surface area contributed by atoms with Crippen LogP contribution in [0.5, 0.6) is 0 Å². The second-order valence-corrected chi connectivity index (χ2v) is 6.94. The fourth-order valence-electron chi connectivity index (χ4n) is 3.82. The third kappa shape index (κ3) is 2.10. The lowest BCUT2D eigenvalue weighted by atomic mass is 9.97. The van der Waals surface area contributed by atoms with E-state index in [0.717, 1.165) is 30.0 Å². The highest BCUT2D eigenvalue weighted by molar-refractivity contribution is 5.78. The number of benzene rings is 1. The molecule has 25 heavy (non-hydrogen) atoms. The summed E-state index contributed by atoms with van der Waals surface area (Å²) in [6, 6.07) is 8.20. The van der Waals surface area contributed by atoms with Crippen molar-refractivity contribution in [3.05, 3.63) is 56.4 Å². The molecular weight excluding hydrogens is 316 g/mol. The Labute approximate surface area is 145 Å². The molecule has 0 N–H and O–H groups in total. The quantitative estimate of drug-likeness (QED) is 0.628. The zero-order valence-corrected chi connectivity index (χ0v) is 14.9. The molecule has 1 aliphatic heterocycles. The van der Waals surface area contributed by atoms with Crippen molar-refractivity contribution in [3.8, 4) is 11.4 Å². The van der Waals surface area contributed by atoms with E-state index in [-0.39, 0.29) is 17.2 Å². The molecule has 0 saturated carbocycles. The number of aryl methyl sites for hydroxylation is 2. The third-order valence-corrected chi connectivity index (χ3v) is 5.06. The van der Waals surface area contributed by atoms with Crippen LogP contribution < -0.4 is 15.8 Å². The molecule has 0 aliphatic carbocycles. The van der Waals surface area contributed by atoms with Gasteiger partial charge in [0.1, 0.15) is 5.69 Å². The van der Waals surface area contributed by atoms with Crippen molar-refractivity contribution in [1.82, 2.24) is 14.1 Å². The minimum atomic E-state index is -0.353. The Morgan fingerprint density at radius 1 is 1.12 bits per heavy atom. The lowest BCUT2D eigenvalue weighted by Crippen LogP contribution is -2.48. The van der Waals surface area contributed by atoms with Crippen LogP contribution in [-0.2, 0) is 27.1 Å². The molecular formula is C19H21N4O2+. The summed E-state index contributed by atoms with van der Waals surface area (Å²) < 4.78 is 4.79. The summed E-state index contributed by atoms with van der Waals surface area (Å²) in [5.74, 6) is 0.973. The van der Waals surface area contributed by atoms with Gasteiger partial charge in [0.2, 0.25) is 0 Å². The fraction of sp³-hybridized carbons (Fsp3) is 0.368. The van der Waals surface area contributed by atoms with Gasteiger partial charge < -0.3 is 0 Å². The largest absolute Gasteiger partial charge is 0.333 e. The molecule has 0 saturated heterocycles. The summed E-state index contributed by atoms with van der Waals surface area (Å²) in [4.78, 5) is 30.0. The van der Waals surface area contributed by atoms with Gasteiger partial charge >= 0.3 is 11.5 Å². The molecule has 0 unspecified atom stereocenters. The summed E-state index contributed by atoms with van der Waals surface area (Å²) in [7, 11) is 3.20. The molecule has 6 heteroatoms. The maximum Gasteiger partial charge on any atom is 0.333 e. The molecule has 0 amide bonds. The number of rotatable bonds is 1.